The van der Waals surface area contributed by atoms with Crippen LogP contribution in [0.3, 0.4) is 0 Å². The van der Waals surface area contributed by atoms with Crippen molar-refractivity contribution in [2.24, 2.45) is 0 Å². The van der Waals surface area contributed by atoms with Gasteiger partial charge in [-0.2, -0.15) is 0 Å². The average Bonchev–Trinajstić information content (AvgIpc) is 3.00. The van der Waals surface area contributed by atoms with Crippen molar-refractivity contribution in [2.75, 3.05) is 25.1 Å². The number of fused-ring (bicyclic) bond motifs is 2. The number of anilines is 1. The highest BCUT2D eigenvalue weighted by Gasteiger charge is 2.49. The zero-order valence-corrected chi connectivity index (χ0v) is 10.9. The molecule has 3 nitrogen and oxygen atoms in total. The van der Waals surface area contributed by atoms with E-state index in [0.717, 1.165) is 37.9 Å². The Hall–Kier alpha value is -1.13. The van der Waals surface area contributed by atoms with Gasteiger partial charge in [-0.25, -0.2) is 4.39 Å². The number of nitrogens with one attached hydrogen (secondary N) is 1. The molecule has 1 aliphatic carbocycles. The maximum Gasteiger partial charge on any atom is 0.168 e. The van der Waals surface area contributed by atoms with Crippen LogP contribution >= 0.6 is 0 Å². The first kappa shape index (κ1) is 11.7. The maximum atomic E-state index is 13.3. The molecular weight excluding hydrogens is 245 g/mol. The van der Waals surface area contributed by atoms with Crippen molar-refractivity contribution in [3.05, 3.63) is 29.6 Å². The molecule has 0 bridgehead atoms. The number of ether oxygens (including phenoxy) is 2. The molecule has 1 saturated heterocycles. The van der Waals surface area contributed by atoms with Crippen LogP contribution in [0, 0.1) is 5.82 Å². The van der Waals surface area contributed by atoms with Gasteiger partial charge in [0.25, 0.3) is 0 Å². The summed E-state index contributed by atoms with van der Waals surface area (Å²) in [6.07, 6.45) is 3.95. The average molecular weight is 263 g/mol. The van der Waals surface area contributed by atoms with E-state index in [0.29, 0.717) is 13.2 Å². The van der Waals surface area contributed by atoms with Gasteiger partial charge in [-0.05, 0) is 30.5 Å². The van der Waals surface area contributed by atoms with Crippen LogP contribution in [-0.2, 0) is 14.9 Å². The summed E-state index contributed by atoms with van der Waals surface area (Å²) >= 11 is 0. The topological polar surface area (TPSA) is 30.5 Å². The van der Waals surface area contributed by atoms with E-state index in [1.807, 2.05) is 6.07 Å². The third kappa shape index (κ3) is 1.70. The minimum Gasteiger partial charge on any atom is -0.384 e. The number of hydrogen-bond donors (Lipinski definition) is 1. The summed E-state index contributed by atoms with van der Waals surface area (Å²) < 4.78 is 24.9. The molecule has 1 saturated carbocycles. The predicted molar refractivity (Wildman–Crippen MR) is 69.7 cm³/mol. The minimum atomic E-state index is -0.325. The van der Waals surface area contributed by atoms with Crippen molar-refractivity contribution >= 4 is 5.69 Å². The van der Waals surface area contributed by atoms with Crippen LogP contribution in [0.5, 0.6) is 0 Å². The normalized spacial score (nSPS) is 26.6. The lowest BCUT2D eigenvalue weighted by Crippen LogP contribution is -2.43. The molecule has 102 valence electrons. The van der Waals surface area contributed by atoms with Gasteiger partial charge in [0.05, 0.1) is 13.2 Å². The van der Waals surface area contributed by atoms with Gasteiger partial charge >= 0.3 is 0 Å². The van der Waals surface area contributed by atoms with E-state index in [4.69, 9.17) is 9.47 Å². The zero-order valence-electron chi connectivity index (χ0n) is 10.9. The third-order valence-electron chi connectivity index (χ3n) is 4.95. The summed E-state index contributed by atoms with van der Waals surface area (Å²) in [7, 11) is 0. The van der Waals surface area contributed by atoms with Crippen LogP contribution in [0.4, 0.5) is 10.1 Å². The van der Waals surface area contributed by atoms with E-state index >= 15 is 0 Å². The molecule has 2 fully saturated rings. The summed E-state index contributed by atoms with van der Waals surface area (Å²) in [5.41, 5.74) is 2.37. The molecule has 0 unspecified atom stereocenters. The Kier molecular flexibility index (Phi) is 2.42. The van der Waals surface area contributed by atoms with Crippen molar-refractivity contribution in [3.8, 4) is 0 Å². The van der Waals surface area contributed by atoms with Crippen LogP contribution in [0.2, 0.25) is 0 Å². The van der Waals surface area contributed by atoms with Gasteiger partial charge in [-0.3, -0.25) is 0 Å². The highest BCUT2D eigenvalue weighted by molar-refractivity contribution is 5.60. The molecule has 0 radical (unpaired) electrons. The molecule has 1 aromatic carbocycles. The Labute approximate surface area is 112 Å². The lowest BCUT2D eigenvalue weighted by atomic mass is 9.69. The second-order valence-corrected chi connectivity index (χ2v) is 5.93. The van der Waals surface area contributed by atoms with Crippen LogP contribution < -0.4 is 5.32 Å². The minimum absolute atomic E-state index is 0.142. The third-order valence-corrected chi connectivity index (χ3v) is 4.95. The fourth-order valence-corrected chi connectivity index (χ4v) is 3.83. The Morgan fingerprint density at radius 1 is 1.05 bits per heavy atom. The van der Waals surface area contributed by atoms with E-state index < -0.39 is 0 Å². The summed E-state index contributed by atoms with van der Waals surface area (Å²) in [5, 5.41) is 3.36. The summed E-state index contributed by atoms with van der Waals surface area (Å²) in [5.74, 6) is -0.494. The molecule has 3 aliphatic rings. The monoisotopic (exact) mass is 263 g/mol. The number of rotatable bonds is 0. The first-order valence-electron chi connectivity index (χ1n) is 7.03. The predicted octanol–water partition coefficient (Wildman–Crippen LogP) is 2.81. The van der Waals surface area contributed by atoms with Gasteiger partial charge in [0.2, 0.25) is 0 Å². The van der Waals surface area contributed by atoms with Crippen LogP contribution in [-0.4, -0.2) is 25.5 Å². The van der Waals surface area contributed by atoms with Gasteiger partial charge in [0, 0.05) is 30.5 Å². The Morgan fingerprint density at radius 3 is 2.53 bits per heavy atom. The maximum absolute atomic E-state index is 13.3. The first-order valence-corrected chi connectivity index (χ1v) is 7.03. The van der Waals surface area contributed by atoms with E-state index in [1.165, 1.54) is 5.56 Å². The standard InChI is InChI=1S/C15H18FNO2/c16-11-1-2-12-13(9-11)17-10-14(12)3-5-15(6-4-14)18-7-8-19-15/h1-2,9,17H,3-8,10H2. The quantitative estimate of drug-likeness (QED) is 0.780. The fourth-order valence-electron chi connectivity index (χ4n) is 3.83. The Morgan fingerprint density at radius 2 is 1.79 bits per heavy atom. The fraction of sp³-hybridized carbons (Fsp3) is 0.600. The van der Waals surface area contributed by atoms with Crippen LogP contribution in [0.15, 0.2) is 18.2 Å². The van der Waals surface area contributed by atoms with Crippen LogP contribution in [0.25, 0.3) is 0 Å². The van der Waals surface area contributed by atoms with Gasteiger partial charge in [0.1, 0.15) is 5.82 Å². The number of halogens is 1. The largest absolute Gasteiger partial charge is 0.384 e. The van der Waals surface area contributed by atoms with Crippen LogP contribution in [0.1, 0.15) is 31.2 Å². The van der Waals surface area contributed by atoms with Crippen molar-refractivity contribution in [3.63, 3.8) is 0 Å². The molecule has 2 aliphatic heterocycles. The van der Waals surface area contributed by atoms with Gasteiger partial charge < -0.3 is 14.8 Å². The Bertz CT molecular complexity index is 501. The molecule has 1 aromatic rings. The van der Waals surface area contributed by atoms with Crippen molar-refractivity contribution in [1.82, 2.24) is 0 Å². The highest BCUT2D eigenvalue weighted by Crippen LogP contribution is 2.50. The second kappa shape index (κ2) is 3.93. The SMILES string of the molecule is Fc1ccc2c(c1)NCC21CCC2(CC1)OCCO2. The molecule has 2 heterocycles. The number of benzene rings is 1. The highest BCUT2D eigenvalue weighted by atomic mass is 19.1. The summed E-state index contributed by atoms with van der Waals surface area (Å²) in [4.78, 5) is 0. The van der Waals surface area contributed by atoms with Gasteiger partial charge in [0.15, 0.2) is 5.79 Å². The number of hydrogen-bond acceptors (Lipinski definition) is 3. The lowest BCUT2D eigenvalue weighted by molar-refractivity contribution is -0.184. The van der Waals surface area contributed by atoms with E-state index in [-0.39, 0.29) is 17.0 Å². The summed E-state index contributed by atoms with van der Waals surface area (Å²) in [6, 6.07) is 5.12. The van der Waals surface area contributed by atoms with Gasteiger partial charge in [-0.15, -0.1) is 0 Å². The molecule has 4 heteroatoms. The molecule has 0 amide bonds. The van der Waals surface area contributed by atoms with Crippen molar-refractivity contribution < 1.29 is 13.9 Å². The molecule has 19 heavy (non-hydrogen) atoms. The first-order chi connectivity index (χ1) is 9.22. The molecule has 2 spiro atoms. The molecule has 1 N–H and O–H groups in total. The lowest BCUT2D eigenvalue weighted by Gasteiger charge is -2.41. The molecular formula is C15H18FNO2. The van der Waals surface area contributed by atoms with E-state index in [9.17, 15) is 4.39 Å². The van der Waals surface area contributed by atoms with Gasteiger partial charge in [-0.1, -0.05) is 6.07 Å². The smallest absolute Gasteiger partial charge is 0.168 e. The second-order valence-electron chi connectivity index (χ2n) is 5.93. The molecule has 0 atom stereocenters. The van der Waals surface area contributed by atoms with E-state index in [2.05, 4.69) is 5.32 Å². The zero-order chi connectivity index (χ0) is 12.9. The molecule has 4 rings (SSSR count). The summed E-state index contributed by atoms with van der Waals surface area (Å²) in [6.45, 7) is 2.34. The van der Waals surface area contributed by atoms with Crippen molar-refractivity contribution in [2.45, 2.75) is 36.9 Å². The molecule has 0 aromatic heterocycles. The van der Waals surface area contributed by atoms with Crippen molar-refractivity contribution in [1.29, 1.82) is 0 Å². The van der Waals surface area contributed by atoms with E-state index in [1.54, 1.807) is 12.1 Å². The Balaban J connectivity index is 1.61.